The van der Waals surface area contributed by atoms with Gasteiger partial charge in [-0.1, -0.05) is 41.9 Å². The molecule has 184 valence electrons. The van der Waals surface area contributed by atoms with Crippen molar-refractivity contribution in [3.63, 3.8) is 0 Å². The van der Waals surface area contributed by atoms with Gasteiger partial charge in [-0.25, -0.2) is 8.78 Å². The molecule has 1 fully saturated rings. The number of nitrogens with zero attached hydrogens (tertiary/aromatic N) is 2. The summed E-state index contributed by atoms with van der Waals surface area (Å²) in [6.45, 7) is 2.99. The van der Waals surface area contributed by atoms with Crippen LogP contribution in [-0.4, -0.2) is 55.5 Å². The Morgan fingerprint density at radius 3 is 2.49 bits per heavy atom. The molecule has 0 radical (unpaired) electrons. The van der Waals surface area contributed by atoms with Gasteiger partial charge in [-0.3, -0.25) is 9.69 Å². The van der Waals surface area contributed by atoms with Crippen molar-refractivity contribution in [1.82, 2.24) is 9.80 Å². The van der Waals surface area contributed by atoms with E-state index in [1.807, 2.05) is 48.5 Å². The second-order valence-corrected chi connectivity index (χ2v) is 8.84. The molecular weight excluding hydrogens is 474 g/mol. The maximum atomic E-state index is 14.1. The van der Waals surface area contributed by atoms with E-state index in [0.29, 0.717) is 44.4 Å². The van der Waals surface area contributed by atoms with E-state index in [9.17, 15) is 13.6 Å². The summed E-state index contributed by atoms with van der Waals surface area (Å²) in [4.78, 5) is 16.5. The van der Waals surface area contributed by atoms with E-state index in [0.717, 1.165) is 22.9 Å². The fourth-order valence-corrected chi connectivity index (χ4v) is 4.34. The number of amides is 1. The van der Waals surface area contributed by atoms with Crippen LogP contribution in [0.4, 0.5) is 8.78 Å². The van der Waals surface area contributed by atoms with Crippen LogP contribution >= 0.6 is 11.6 Å². The zero-order chi connectivity index (χ0) is 24.8. The minimum absolute atomic E-state index is 0.238. The summed E-state index contributed by atoms with van der Waals surface area (Å²) >= 11 is 6.12. The third-order valence-electron chi connectivity index (χ3n) is 6.07. The lowest BCUT2D eigenvalue weighted by atomic mass is 10.1. The van der Waals surface area contributed by atoms with Crippen molar-refractivity contribution in [2.45, 2.75) is 12.7 Å². The molecule has 1 aliphatic heterocycles. The lowest BCUT2D eigenvalue weighted by Crippen LogP contribution is -2.49. The van der Waals surface area contributed by atoms with Crippen LogP contribution in [0.15, 0.2) is 66.7 Å². The maximum absolute atomic E-state index is 14.1. The Labute approximate surface area is 208 Å². The Balaban J connectivity index is 1.42. The van der Waals surface area contributed by atoms with Crippen molar-refractivity contribution in [3.8, 4) is 5.75 Å². The minimum Gasteiger partial charge on any atom is -0.497 e. The summed E-state index contributed by atoms with van der Waals surface area (Å²) in [5, 5.41) is 0.652. The molecule has 4 rings (SSSR count). The van der Waals surface area contributed by atoms with Crippen LogP contribution < -0.4 is 4.74 Å². The fraction of sp³-hybridized carbons (Fsp3) is 0.296. The Morgan fingerprint density at radius 1 is 1.00 bits per heavy atom. The van der Waals surface area contributed by atoms with Crippen molar-refractivity contribution in [1.29, 1.82) is 0 Å². The molecule has 1 heterocycles. The van der Waals surface area contributed by atoms with Crippen LogP contribution in [0.1, 0.15) is 27.6 Å². The second-order valence-electron chi connectivity index (χ2n) is 8.40. The number of benzene rings is 3. The molecular formula is C27H27ClF2N2O3. The van der Waals surface area contributed by atoms with Gasteiger partial charge in [0.25, 0.3) is 5.91 Å². The number of ether oxygens (including phenoxy) is 2. The first-order valence-corrected chi connectivity index (χ1v) is 11.8. The molecule has 1 atom stereocenters. The summed E-state index contributed by atoms with van der Waals surface area (Å²) in [7, 11) is 1.62. The van der Waals surface area contributed by atoms with Gasteiger partial charge in [0.1, 0.15) is 5.75 Å². The van der Waals surface area contributed by atoms with Gasteiger partial charge < -0.3 is 14.4 Å². The number of halogens is 3. The number of carbonyl (C=O) groups is 1. The summed E-state index contributed by atoms with van der Waals surface area (Å²) in [5.74, 6) is -1.88. The highest BCUT2D eigenvalue weighted by atomic mass is 35.5. The summed E-state index contributed by atoms with van der Waals surface area (Å²) in [6, 6.07) is 19.0. The van der Waals surface area contributed by atoms with Crippen LogP contribution in [0.25, 0.3) is 0 Å². The van der Waals surface area contributed by atoms with E-state index in [4.69, 9.17) is 21.1 Å². The zero-order valence-corrected chi connectivity index (χ0v) is 20.2. The molecule has 0 N–H and O–H groups in total. The Kier molecular flexibility index (Phi) is 8.33. The van der Waals surface area contributed by atoms with Gasteiger partial charge in [0.15, 0.2) is 11.6 Å². The van der Waals surface area contributed by atoms with Gasteiger partial charge >= 0.3 is 0 Å². The van der Waals surface area contributed by atoms with E-state index < -0.39 is 17.5 Å². The molecule has 35 heavy (non-hydrogen) atoms. The monoisotopic (exact) mass is 500 g/mol. The maximum Gasteiger partial charge on any atom is 0.257 e. The standard InChI is InChI=1S/C27H27ClF2N2O3/c1-34-22-8-3-6-20(16-22)25(35-18-19-5-2-7-21(28)15-19)17-31-11-13-32(14-12-31)27(33)23-9-4-10-24(29)26(23)30/h2-10,15-16,25H,11-14,17-18H2,1H3. The molecule has 1 aliphatic rings. The number of piperazine rings is 1. The molecule has 5 nitrogen and oxygen atoms in total. The Morgan fingerprint density at radius 2 is 1.74 bits per heavy atom. The number of hydrogen-bond acceptors (Lipinski definition) is 4. The van der Waals surface area contributed by atoms with Crippen molar-refractivity contribution >= 4 is 17.5 Å². The highest BCUT2D eigenvalue weighted by molar-refractivity contribution is 6.30. The van der Waals surface area contributed by atoms with E-state index in [1.54, 1.807) is 12.0 Å². The largest absolute Gasteiger partial charge is 0.497 e. The predicted octanol–water partition coefficient (Wildman–Crippen LogP) is 5.34. The van der Waals surface area contributed by atoms with Crippen molar-refractivity contribution in [3.05, 3.63) is 100 Å². The van der Waals surface area contributed by atoms with E-state index in [-0.39, 0.29) is 11.7 Å². The Bertz CT molecular complexity index is 1170. The molecule has 3 aromatic carbocycles. The van der Waals surface area contributed by atoms with Crippen LogP contribution in [0.2, 0.25) is 5.02 Å². The Hall–Kier alpha value is -3.00. The molecule has 0 aliphatic carbocycles. The van der Waals surface area contributed by atoms with Gasteiger partial charge in [-0.05, 0) is 47.5 Å². The quantitative estimate of drug-likeness (QED) is 0.418. The number of carbonyl (C=O) groups excluding carboxylic acids is 1. The fourth-order valence-electron chi connectivity index (χ4n) is 4.13. The highest BCUT2D eigenvalue weighted by Crippen LogP contribution is 2.26. The van der Waals surface area contributed by atoms with Crippen molar-refractivity contribution < 1.29 is 23.0 Å². The second kappa shape index (κ2) is 11.6. The van der Waals surface area contributed by atoms with Crippen LogP contribution in [0.5, 0.6) is 5.75 Å². The minimum atomic E-state index is -1.10. The molecule has 1 amide bonds. The van der Waals surface area contributed by atoms with Gasteiger partial charge in [0, 0.05) is 37.7 Å². The number of hydrogen-bond donors (Lipinski definition) is 0. The first-order chi connectivity index (χ1) is 16.9. The highest BCUT2D eigenvalue weighted by Gasteiger charge is 2.27. The SMILES string of the molecule is COc1cccc(C(CN2CCN(C(=O)c3cccc(F)c3F)CC2)OCc2cccc(Cl)c2)c1. The van der Waals surface area contributed by atoms with Gasteiger partial charge in [-0.15, -0.1) is 0 Å². The van der Waals surface area contributed by atoms with Crippen molar-refractivity contribution in [2.24, 2.45) is 0 Å². The molecule has 0 saturated carbocycles. The molecule has 0 spiro atoms. The van der Waals surface area contributed by atoms with E-state index >= 15 is 0 Å². The van der Waals surface area contributed by atoms with Crippen LogP contribution in [-0.2, 0) is 11.3 Å². The summed E-state index contributed by atoms with van der Waals surface area (Å²) in [5.41, 5.74) is 1.71. The average molecular weight is 501 g/mol. The molecule has 1 saturated heterocycles. The molecule has 8 heteroatoms. The van der Waals surface area contributed by atoms with E-state index in [2.05, 4.69) is 4.90 Å². The predicted molar refractivity (Wildman–Crippen MR) is 131 cm³/mol. The summed E-state index contributed by atoms with van der Waals surface area (Å²) < 4.78 is 39.3. The van der Waals surface area contributed by atoms with Crippen LogP contribution in [0.3, 0.4) is 0 Å². The topological polar surface area (TPSA) is 42.0 Å². The van der Waals surface area contributed by atoms with Crippen molar-refractivity contribution in [2.75, 3.05) is 39.8 Å². The molecule has 3 aromatic rings. The smallest absolute Gasteiger partial charge is 0.257 e. The molecule has 0 bridgehead atoms. The first-order valence-electron chi connectivity index (χ1n) is 11.4. The molecule has 0 aromatic heterocycles. The van der Waals surface area contributed by atoms with E-state index in [1.165, 1.54) is 12.1 Å². The normalized spacial score (nSPS) is 15.1. The number of methoxy groups -OCH3 is 1. The molecule has 1 unspecified atom stereocenters. The van der Waals surface area contributed by atoms with Crippen LogP contribution in [0, 0.1) is 11.6 Å². The van der Waals surface area contributed by atoms with Gasteiger partial charge in [0.2, 0.25) is 0 Å². The third kappa shape index (κ3) is 6.36. The van der Waals surface area contributed by atoms with Gasteiger partial charge in [-0.2, -0.15) is 0 Å². The zero-order valence-electron chi connectivity index (χ0n) is 19.4. The average Bonchev–Trinajstić information content (AvgIpc) is 2.88. The third-order valence-corrected chi connectivity index (χ3v) is 6.31. The number of rotatable bonds is 8. The first kappa shape index (κ1) is 25.1. The lowest BCUT2D eigenvalue weighted by Gasteiger charge is -2.36. The van der Waals surface area contributed by atoms with Gasteiger partial charge in [0.05, 0.1) is 25.4 Å². The lowest BCUT2D eigenvalue weighted by molar-refractivity contribution is 0.00328. The summed E-state index contributed by atoms with van der Waals surface area (Å²) in [6.07, 6.45) is -0.244.